The maximum atomic E-state index is 12.2. The number of hydrogen-bond acceptors (Lipinski definition) is 5. The minimum atomic E-state index is -0.680. The number of anilines is 2. The summed E-state index contributed by atoms with van der Waals surface area (Å²) in [5, 5.41) is 2.60. The molecule has 0 aliphatic carbocycles. The standard InChI is InChI=1S/C16H15N3O4/c1-23-16(22)10-7-5-9(6-8-10)15(21)19-12-4-2-3-11(13(12)17)14(18)20/h2-8H,17H2,1H3,(H2,18,20)(H,19,21). The number of carbonyl (C=O) groups excluding carboxylic acids is 3. The van der Waals surface area contributed by atoms with E-state index in [9.17, 15) is 14.4 Å². The lowest BCUT2D eigenvalue weighted by Crippen LogP contribution is -2.17. The molecule has 0 saturated heterocycles. The molecule has 0 aliphatic rings. The van der Waals surface area contributed by atoms with E-state index in [1.165, 1.54) is 37.4 Å². The number of hydrogen-bond donors (Lipinski definition) is 3. The van der Waals surface area contributed by atoms with Crippen molar-refractivity contribution in [3.05, 3.63) is 59.2 Å². The van der Waals surface area contributed by atoms with E-state index in [4.69, 9.17) is 11.5 Å². The number of nitrogens with two attached hydrogens (primary N) is 2. The normalized spacial score (nSPS) is 9.96. The SMILES string of the molecule is COC(=O)c1ccc(C(=O)Nc2cccc(C(N)=O)c2N)cc1. The van der Waals surface area contributed by atoms with Gasteiger partial charge in [0.1, 0.15) is 0 Å². The maximum absolute atomic E-state index is 12.2. The van der Waals surface area contributed by atoms with Crippen molar-refractivity contribution in [2.75, 3.05) is 18.2 Å². The van der Waals surface area contributed by atoms with Gasteiger partial charge in [0, 0.05) is 5.56 Å². The zero-order valence-corrected chi connectivity index (χ0v) is 12.3. The highest BCUT2D eigenvalue weighted by Crippen LogP contribution is 2.23. The predicted molar refractivity (Wildman–Crippen MR) is 85.1 cm³/mol. The lowest BCUT2D eigenvalue weighted by atomic mass is 10.1. The van der Waals surface area contributed by atoms with Gasteiger partial charge in [-0.05, 0) is 36.4 Å². The second-order valence-electron chi connectivity index (χ2n) is 4.65. The summed E-state index contributed by atoms with van der Waals surface area (Å²) in [5.41, 5.74) is 12.2. The molecule has 0 bridgehead atoms. The predicted octanol–water partition coefficient (Wildman–Crippen LogP) is 1.41. The Morgan fingerprint density at radius 3 is 2.17 bits per heavy atom. The summed E-state index contributed by atoms with van der Waals surface area (Å²) in [4.78, 5) is 34.8. The van der Waals surface area contributed by atoms with Crippen LogP contribution < -0.4 is 16.8 Å². The Balaban J connectivity index is 2.21. The topological polar surface area (TPSA) is 125 Å². The lowest BCUT2D eigenvalue weighted by Gasteiger charge is -2.10. The second-order valence-corrected chi connectivity index (χ2v) is 4.65. The third-order valence-electron chi connectivity index (χ3n) is 3.19. The van der Waals surface area contributed by atoms with E-state index in [2.05, 4.69) is 10.1 Å². The number of nitrogen functional groups attached to an aromatic ring is 1. The molecule has 0 saturated carbocycles. The highest BCUT2D eigenvalue weighted by Gasteiger charge is 2.13. The van der Waals surface area contributed by atoms with Crippen LogP contribution in [0, 0.1) is 0 Å². The van der Waals surface area contributed by atoms with Gasteiger partial charge in [-0.1, -0.05) is 6.07 Å². The molecule has 2 aromatic carbocycles. The number of primary amides is 1. The van der Waals surface area contributed by atoms with Crippen LogP contribution in [0.15, 0.2) is 42.5 Å². The fourth-order valence-corrected chi connectivity index (χ4v) is 1.96. The van der Waals surface area contributed by atoms with Crippen LogP contribution in [0.3, 0.4) is 0 Å². The highest BCUT2D eigenvalue weighted by atomic mass is 16.5. The van der Waals surface area contributed by atoms with Crippen LogP contribution in [0.4, 0.5) is 11.4 Å². The summed E-state index contributed by atoms with van der Waals surface area (Å²) in [5.74, 6) is -1.61. The Hall–Kier alpha value is -3.35. The molecule has 0 unspecified atom stereocenters. The fraction of sp³-hybridized carbons (Fsp3) is 0.0625. The smallest absolute Gasteiger partial charge is 0.337 e. The van der Waals surface area contributed by atoms with Gasteiger partial charge in [-0.3, -0.25) is 9.59 Å². The number of nitrogens with one attached hydrogen (secondary N) is 1. The Kier molecular flexibility index (Phi) is 4.61. The molecule has 7 nitrogen and oxygen atoms in total. The number of methoxy groups -OCH3 is 1. The number of esters is 1. The van der Waals surface area contributed by atoms with E-state index in [1.807, 2.05) is 0 Å². The van der Waals surface area contributed by atoms with Crippen LogP contribution in [0.2, 0.25) is 0 Å². The number of benzene rings is 2. The van der Waals surface area contributed by atoms with E-state index >= 15 is 0 Å². The summed E-state index contributed by atoms with van der Waals surface area (Å²) in [6.07, 6.45) is 0. The summed E-state index contributed by atoms with van der Waals surface area (Å²) in [6, 6.07) is 10.5. The molecule has 0 fully saturated rings. The number of para-hydroxylation sites is 1. The average molecular weight is 313 g/mol. The van der Waals surface area contributed by atoms with E-state index in [-0.39, 0.29) is 16.9 Å². The van der Waals surface area contributed by atoms with Crippen LogP contribution in [0.5, 0.6) is 0 Å². The van der Waals surface area contributed by atoms with Crippen LogP contribution in [-0.4, -0.2) is 24.9 Å². The first-order valence-corrected chi connectivity index (χ1v) is 6.62. The van der Waals surface area contributed by atoms with Crippen molar-refractivity contribution in [1.82, 2.24) is 0 Å². The van der Waals surface area contributed by atoms with Crippen LogP contribution in [-0.2, 0) is 4.74 Å². The Labute approximate surface area is 132 Å². The molecule has 2 aromatic rings. The Bertz CT molecular complexity index is 769. The van der Waals surface area contributed by atoms with E-state index in [0.29, 0.717) is 11.1 Å². The second kappa shape index (κ2) is 6.61. The minimum absolute atomic E-state index is 0.0968. The largest absolute Gasteiger partial charge is 0.465 e. The average Bonchev–Trinajstić information content (AvgIpc) is 2.55. The van der Waals surface area contributed by atoms with Gasteiger partial charge < -0.3 is 21.5 Å². The first-order chi connectivity index (χ1) is 10.9. The minimum Gasteiger partial charge on any atom is -0.465 e. The van der Waals surface area contributed by atoms with Gasteiger partial charge >= 0.3 is 5.97 Å². The molecule has 0 heterocycles. The maximum Gasteiger partial charge on any atom is 0.337 e. The van der Waals surface area contributed by atoms with Crippen molar-refractivity contribution in [2.24, 2.45) is 5.73 Å². The summed E-state index contributed by atoms with van der Waals surface area (Å²) in [7, 11) is 1.28. The molecule has 118 valence electrons. The number of rotatable bonds is 4. The zero-order valence-electron chi connectivity index (χ0n) is 12.3. The van der Waals surface area contributed by atoms with Gasteiger partial charge in [0.05, 0.1) is 29.6 Å². The number of carbonyl (C=O) groups is 3. The molecule has 0 radical (unpaired) electrons. The summed E-state index contributed by atoms with van der Waals surface area (Å²) < 4.78 is 4.58. The molecular formula is C16H15N3O4. The summed E-state index contributed by atoms with van der Waals surface area (Å²) in [6.45, 7) is 0. The Morgan fingerprint density at radius 1 is 1.00 bits per heavy atom. The molecule has 7 heteroatoms. The Morgan fingerprint density at radius 2 is 1.61 bits per heavy atom. The lowest BCUT2D eigenvalue weighted by molar-refractivity contribution is 0.0600. The van der Waals surface area contributed by atoms with Gasteiger partial charge in [-0.15, -0.1) is 0 Å². The molecule has 2 amide bonds. The molecule has 0 aliphatic heterocycles. The first kappa shape index (κ1) is 16.0. The molecule has 0 atom stereocenters. The van der Waals surface area contributed by atoms with Gasteiger partial charge in [0.25, 0.3) is 11.8 Å². The monoisotopic (exact) mass is 313 g/mol. The first-order valence-electron chi connectivity index (χ1n) is 6.62. The van der Waals surface area contributed by atoms with E-state index in [0.717, 1.165) is 0 Å². The van der Waals surface area contributed by atoms with Crippen LogP contribution >= 0.6 is 0 Å². The van der Waals surface area contributed by atoms with Gasteiger partial charge in [-0.2, -0.15) is 0 Å². The van der Waals surface area contributed by atoms with Crippen molar-refractivity contribution < 1.29 is 19.1 Å². The molecule has 0 aromatic heterocycles. The number of ether oxygens (including phenoxy) is 1. The quantitative estimate of drug-likeness (QED) is 0.581. The van der Waals surface area contributed by atoms with Gasteiger partial charge in [-0.25, -0.2) is 4.79 Å². The number of amides is 2. The van der Waals surface area contributed by atoms with Crippen molar-refractivity contribution >= 4 is 29.2 Å². The van der Waals surface area contributed by atoms with Gasteiger partial charge in [0.15, 0.2) is 0 Å². The summed E-state index contributed by atoms with van der Waals surface area (Å²) >= 11 is 0. The van der Waals surface area contributed by atoms with Crippen molar-refractivity contribution in [3.63, 3.8) is 0 Å². The van der Waals surface area contributed by atoms with Gasteiger partial charge in [0.2, 0.25) is 0 Å². The van der Waals surface area contributed by atoms with E-state index < -0.39 is 17.8 Å². The van der Waals surface area contributed by atoms with Crippen LogP contribution in [0.1, 0.15) is 31.1 Å². The third kappa shape index (κ3) is 3.46. The molecule has 23 heavy (non-hydrogen) atoms. The molecule has 5 N–H and O–H groups in total. The highest BCUT2D eigenvalue weighted by molar-refractivity contribution is 6.08. The molecule has 0 spiro atoms. The third-order valence-corrected chi connectivity index (χ3v) is 3.19. The molecule has 2 rings (SSSR count). The van der Waals surface area contributed by atoms with Crippen molar-refractivity contribution in [3.8, 4) is 0 Å². The van der Waals surface area contributed by atoms with Crippen molar-refractivity contribution in [2.45, 2.75) is 0 Å². The zero-order chi connectivity index (χ0) is 17.0. The van der Waals surface area contributed by atoms with Crippen molar-refractivity contribution in [1.29, 1.82) is 0 Å². The molecular weight excluding hydrogens is 298 g/mol. The fourth-order valence-electron chi connectivity index (χ4n) is 1.96. The van der Waals surface area contributed by atoms with Crippen LogP contribution in [0.25, 0.3) is 0 Å². The van der Waals surface area contributed by atoms with E-state index in [1.54, 1.807) is 12.1 Å².